The van der Waals surface area contributed by atoms with Crippen molar-refractivity contribution in [1.29, 1.82) is 0 Å². The molecule has 0 rings (SSSR count). The highest BCUT2D eigenvalue weighted by Gasteiger charge is 1.96. The molecule has 0 saturated heterocycles. The molecule has 0 aliphatic rings. The second-order valence-corrected chi connectivity index (χ2v) is 9.93. The smallest absolute Gasteiger partial charge is 0.0305 e. The number of unbranched alkanes of at least 4 members (excludes halogenated alkanes) is 12. The van der Waals surface area contributed by atoms with Crippen molar-refractivity contribution in [3.63, 3.8) is 0 Å². The summed E-state index contributed by atoms with van der Waals surface area (Å²) in [6, 6.07) is 1.56. The molecule has 0 unspecified atom stereocenters. The van der Waals surface area contributed by atoms with Gasteiger partial charge in [-0.15, -0.1) is 0 Å². The molecular formula is C17H39NSi. The van der Waals surface area contributed by atoms with Crippen molar-refractivity contribution in [2.24, 2.45) is 5.73 Å². The molecule has 0 saturated carbocycles. The lowest BCUT2D eigenvalue weighted by Crippen LogP contribution is -1.97. The summed E-state index contributed by atoms with van der Waals surface area (Å²) in [4.78, 5) is 0. The molecule has 0 aromatic rings. The Morgan fingerprint density at radius 1 is 0.526 bits per heavy atom. The predicted molar refractivity (Wildman–Crippen MR) is 92.8 cm³/mol. The molecule has 0 aromatic heterocycles. The molecule has 0 aliphatic heterocycles. The first-order chi connectivity index (χ1) is 9.27. The third-order valence-corrected chi connectivity index (χ3v) is 5.55. The molecule has 0 radical (unpaired) electrons. The number of hydrogen-bond donors (Lipinski definition) is 1. The summed E-state index contributed by atoms with van der Waals surface area (Å²) in [5, 5.41) is 0. The first-order valence-electron chi connectivity index (χ1n) is 8.97. The maximum atomic E-state index is 5.48. The topological polar surface area (TPSA) is 26.0 Å². The Labute approximate surface area is 124 Å². The van der Waals surface area contributed by atoms with Gasteiger partial charge in [-0.05, 0) is 13.0 Å². The molecule has 1 nitrogen and oxygen atoms in total. The maximum Gasteiger partial charge on any atom is 0.0305 e. The van der Waals surface area contributed by atoms with Crippen LogP contribution in [0.1, 0.15) is 83.5 Å². The van der Waals surface area contributed by atoms with Gasteiger partial charge in [0.15, 0.2) is 0 Å². The van der Waals surface area contributed by atoms with Gasteiger partial charge in [0.25, 0.3) is 0 Å². The van der Waals surface area contributed by atoms with Crippen molar-refractivity contribution >= 4 is 8.80 Å². The van der Waals surface area contributed by atoms with Crippen LogP contribution in [0.5, 0.6) is 0 Å². The Kier molecular flexibility index (Phi) is 16.4. The molecule has 0 aliphatic carbocycles. The molecule has 0 heterocycles. The van der Waals surface area contributed by atoms with Crippen molar-refractivity contribution in [2.45, 2.75) is 103 Å². The quantitative estimate of drug-likeness (QED) is 0.312. The average Bonchev–Trinajstić information content (AvgIpc) is 2.39. The van der Waals surface area contributed by atoms with Crippen LogP contribution in [0.4, 0.5) is 0 Å². The largest absolute Gasteiger partial charge is 0.330 e. The monoisotopic (exact) mass is 285 g/mol. The molecule has 0 amide bonds. The SMILES string of the molecule is C[SiH](C)CCCCCCCCCCCCCCCN. The van der Waals surface area contributed by atoms with Gasteiger partial charge in [-0.3, -0.25) is 0 Å². The van der Waals surface area contributed by atoms with E-state index in [2.05, 4.69) is 13.1 Å². The number of hydrogen-bond acceptors (Lipinski definition) is 1. The van der Waals surface area contributed by atoms with E-state index in [0.29, 0.717) is 0 Å². The minimum atomic E-state index is -0.267. The van der Waals surface area contributed by atoms with Gasteiger partial charge in [0, 0.05) is 8.80 Å². The summed E-state index contributed by atoms with van der Waals surface area (Å²) >= 11 is 0. The zero-order chi connectivity index (χ0) is 14.2. The van der Waals surface area contributed by atoms with Crippen LogP contribution in [-0.4, -0.2) is 15.3 Å². The highest BCUT2D eigenvalue weighted by Crippen LogP contribution is 2.13. The first-order valence-corrected chi connectivity index (χ1v) is 12.1. The van der Waals surface area contributed by atoms with Crippen molar-refractivity contribution in [3.8, 4) is 0 Å². The summed E-state index contributed by atoms with van der Waals surface area (Å²) in [6.07, 6.45) is 18.7. The van der Waals surface area contributed by atoms with E-state index in [-0.39, 0.29) is 8.80 Å². The molecule has 0 fully saturated rings. The molecule has 2 N–H and O–H groups in total. The summed E-state index contributed by atoms with van der Waals surface area (Å²) in [5.74, 6) is 0. The molecule has 0 spiro atoms. The number of rotatable bonds is 15. The van der Waals surface area contributed by atoms with Crippen molar-refractivity contribution in [3.05, 3.63) is 0 Å². The van der Waals surface area contributed by atoms with Gasteiger partial charge in [0.05, 0.1) is 0 Å². The van der Waals surface area contributed by atoms with Gasteiger partial charge in [0.1, 0.15) is 0 Å². The fourth-order valence-electron chi connectivity index (χ4n) is 2.64. The van der Waals surface area contributed by atoms with Gasteiger partial charge >= 0.3 is 0 Å². The van der Waals surface area contributed by atoms with E-state index in [1.807, 2.05) is 0 Å². The van der Waals surface area contributed by atoms with E-state index in [1.54, 1.807) is 6.04 Å². The third kappa shape index (κ3) is 18.2. The molecule has 0 bridgehead atoms. The van der Waals surface area contributed by atoms with E-state index in [4.69, 9.17) is 5.73 Å². The van der Waals surface area contributed by atoms with Crippen LogP contribution in [0.15, 0.2) is 0 Å². The standard InChI is InChI=1S/C17H39NSi/c1-19(2)17-15-13-11-9-7-5-3-4-6-8-10-12-14-16-18/h19H,3-18H2,1-2H3. The molecule has 116 valence electrons. The van der Waals surface area contributed by atoms with Crippen molar-refractivity contribution < 1.29 is 0 Å². The Bertz CT molecular complexity index is 159. The zero-order valence-corrected chi connectivity index (χ0v) is 14.9. The lowest BCUT2D eigenvalue weighted by Gasteiger charge is -2.04. The lowest BCUT2D eigenvalue weighted by molar-refractivity contribution is 0.540. The van der Waals surface area contributed by atoms with E-state index in [1.165, 1.54) is 83.5 Å². The van der Waals surface area contributed by atoms with E-state index in [9.17, 15) is 0 Å². The van der Waals surface area contributed by atoms with Gasteiger partial charge in [-0.1, -0.05) is 96.2 Å². The van der Waals surface area contributed by atoms with Crippen LogP contribution in [0.2, 0.25) is 19.1 Å². The highest BCUT2D eigenvalue weighted by molar-refractivity contribution is 6.55. The van der Waals surface area contributed by atoms with Crippen LogP contribution in [0.3, 0.4) is 0 Å². The molecule has 0 aromatic carbocycles. The van der Waals surface area contributed by atoms with Crippen LogP contribution < -0.4 is 5.73 Å². The summed E-state index contributed by atoms with van der Waals surface area (Å²) in [6.45, 7) is 5.81. The Balaban J connectivity index is 2.91. The fourth-order valence-corrected chi connectivity index (χ4v) is 3.75. The molecule has 0 atom stereocenters. The average molecular weight is 286 g/mol. The fraction of sp³-hybridized carbons (Fsp3) is 1.00. The van der Waals surface area contributed by atoms with Gasteiger partial charge in [-0.25, -0.2) is 0 Å². The highest BCUT2D eigenvalue weighted by atomic mass is 28.3. The van der Waals surface area contributed by atoms with Crippen LogP contribution in [0.25, 0.3) is 0 Å². The second kappa shape index (κ2) is 16.2. The second-order valence-electron chi connectivity index (χ2n) is 6.57. The van der Waals surface area contributed by atoms with Gasteiger partial charge < -0.3 is 5.73 Å². The van der Waals surface area contributed by atoms with Crippen molar-refractivity contribution in [1.82, 2.24) is 0 Å². The van der Waals surface area contributed by atoms with Crippen LogP contribution in [-0.2, 0) is 0 Å². The van der Waals surface area contributed by atoms with E-state index >= 15 is 0 Å². The minimum absolute atomic E-state index is 0.267. The summed E-state index contributed by atoms with van der Waals surface area (Å²) in [5.41, 5.74) is 5.48. The Hall–Kier alpha value is 0.177. The van der Waals surface area contributed by atoms with Gasteiger partial charge in [0.2, 0.25) is 0 Å². The van der Waals surface area contributed by atoms with Crippen LogP contribution >= 0.6 is 0 Å². The summed E-state index contributed by atoms with van der Waals surface area (Å²) in [7, 11) is -0.267. The first kappa shape index (κ1) is 19.2. The predicted octanol–water partition coefficient (Wildman–Crippen LogP) is 5.50. The third-order valence-electron chi connectivity index (χ3n) is 3.99. The van der Waals surface area contributed by atoms with E-state index < -0.39 is 0 Å². The van der Waals surface area contributed by atoms with Crippen LogP contribution in [0, 0.1) is 0 Å². The molecular weight excluding hydrogens is 246 g/mol. The zero-order valence-electron chi connectivity index (χ0n) is 13.8. The Morgan fingerprint density at radius 3 is 1.16 bits per heavy atom. The Morgan fingerprint density at radius 2 is 0.842 bits per heavy atom. The molecule has 19 heavy (non-hydrogen) atoms. The molecule has 2 heteroatoms. The minimum Gasteiger partial charge on any atom is -0.330 e. The summed E-state index contributed by atoms with van der Waals surface area (Å²) < 4.78 is 0. The normalized spacial score (nSPS) is 11.4. The maximum absolute atomic E-state index is 5.48. The van der Waals surface area contributed by atoms with E-state index in [0.717, 1.165) is 6.54 Å². The van der Waals surface area contributed by atoms with Gasteiger partial charge in [-0.2, -0.15) is 0 Å². The van der Waals surface area contributed by atoms with Crippen molar-refractivity contribution in [2.75, 3.05) is 6.54 Å². The lowest BCUT2D eigenvalue weighted by atomic mass is 10.0. The number of nitrogens with two attached hydrogens (primary N) is 1.